The molecule has 1 aliphatic rings. The summed E-state index contributed by atoms with van der Waals surface area (Å²) in [7, 11) is -3.50. The van der Waals surface area contributed by atoms with Gasteiger partial charge in [0.05, 0.1) is 23.3 Å². The van der Waals surface area contributed by atoms with Gasteiger partial charge in [-0.3, -0.25) is 4.79 Å². The third-order valence-electron chi connectivity index (χ3n) is 6.29. The average molecular weight is 554 g/mol. The molecule has 11 heteroatoms. The average Bonchev–Trinajstić information content (AvgIpc) is 2.91. The van der Waals surface area contributed by atoms with Gasteiger partial charge < -0.3 is 10.2 Å². The molecular weight excluding hydrogens is 529 g/mol. The number of sulfonamides is 1. The van der Waals surface area contributed by atoms with Crippen LogP contribution in [0.25, 0.3) is 5.69 Å². The summed E-state index contributed by atoms with van der Waals surface area (Å²) < 4.78 is 42.2. The summed E-state index contributed by atoms with van der Waals surface area (Å²) in [6.07, 6.45) is 1.57. The lowest BCUT2D eigenvalue weighted by Crippen LogP contribution is -2.49. The second kappa shape index (κ2) is 10.9. The van der Waals surface area contributed by atoms with Gasteiger partial charge in [0.2, 0.25) is 10.0 Å². The van der Waals surface area contributed by atoms with Crippen molar-refractivity contribution in [3.63, 3.8) is 0 Å². The molecule has 4 aromatic rings. The molecule has 0 amide bonds. The number of aromatic nitrogens is 2. The number of nitrogens with one attached hydrogen (secondary N) is 1. The van der Waals surface area contributed by atoms with E-state index in [2.05, 4.69) is 10.4 Å². The maximum absolute atomic E-state index is 13.6. The van der Waals surface area contributed by atoms with Gasteiger partial charge in [-0.15, -0.1) is 0 Å². The van der Waals surface area contributed by atoms with Crippen LogP contribution >= 0.6 is 11.6 Å². The maximum atomic E-state index is 13.6. The van der Waals surface area contributed by atoms with Gasteiger partial charge >= 0.3 is 0 Å². The van der Waals surface area contributed by atoms with E-state index in [-0.39, 0.29) is 24.5 Å². The van der Waals surface area contributed by atoms with E-state index in [0.717, 1.165) is 5.56 Å². The number of hydrogen-bond acceptors (Lipinski definition) is 6. The molecule has 1 fully saturated rings. The van der Waals surface area contributed by atoms with Crippen LogP contribution in [0.4, 0.5) is 21.5 Å². The zero-order valence-corrected chi connectivity index (χ0v) is 21.9. The van der Waals surface area contributed by atoms with Crippen molar-refractivity contribution in [3.8, 4) is 5.69 Å². The molecule has 3 aromatic carbocycles. The Balaban J connectivity index is 1.43. The van der Waals surface area contributed by atoms with Crippen LogP contribution in [-0.2, 0) is 15.8 Å². The molecular formula is C27H25ClFN5O3S. The van der Waals surface area contributed by atoms with Crippen molar-refractivity contribution in [3.05, 3.63) is 112 Å². The van der Waals surface area contributed by atoms with Crippen LogP contribution in [0.15, 0.2) is 89.9 Å². The molecule has 196 valence electrons. The summed E-state index contributed by atoms with van der Waals surface area (Å²) in [4.78, 5) is 15.6. The first kappa shape index (κ1) is 25.9. The molecule has 0 aliphatic carbocycles. The van der Waals surface area contributed by atoms with E-state index in [0.29, 0.717) is 35.2 Å². The van der Waals surface area contributed by atoms with E-state index in [9.17, 15) is 17.6 Å². The fourth-order valence-corrected chi connectivity index (χ4v) is 6.06. The molecule has 1 N–H and O–H groups in total. The van der Waals surface area contributed by atoms with Crippen molar-refractivity contribution in [2.24, 2.45) is 0 Å². The lowest BCUT2D eigenvalue weighted by molar-refractivity contribution is 0.384. The highest BCUT2D eigenvalue weighted by Gasteiger charge is 2.29. The summed E-state index contributed by atoms with van der Waals surface area (Å²) in [5, 5.41) is 7.95. The first-order chi connectivity index (χ1) is 18.3. The molecule has 1 aromatic heterocycles. The van der Waals surface area contributed by atoms with Crippen LogP contribution in [0, 0.1) is 5.82 Å². The van der Waals surface area contributed by atoms with Gasteiger partial charge in [-0.25, -0.2) is 12.8 Å². The molecule has 0 spiro atoms. The molecule has 38 heavy (non-hydrogen) atoms. The van der Waals surface area contributed by atoms with Crippen molar-refractivity contribution < 1.29 is 12.8 Å². The van der Waals surface area contributed by atoms with Gasteiger partial charge in [-0.1, -0.05) is 48.0 Å². The van der Waals surface area contributed by atoms with Gasteiger partial charge in [0.1, 0.15) is 11.5 Å². The van der Waals surface area contributed by atoms with Crippen molar-refractivity contribution in [2.75, 3.05) is 36.4 Å². The van der Waals surface area contributed by atoms with Gasteiger partial charge in [-0.2, -0.15) is 14.1 Å². The van der Waals surface area contributed by atoms with Crippen LogP contribution in [0.3, 0.4) is 0 Å². The van der Waals surface area contributed by atoms with Gasteiger partial charge in [0.25, 0.3) is 5.56 Å². The molecule has 0 radical (unpaired) electrons. The predicted octanol–water partition coefficient (Wildman–Crippen LogP) is 4.42. The number of hydrogen-bond donors (Lipinski definition) is 1. The Hall–Kier alpha value is -3.73. The number of nitrogens with zero attached hydrogens (tertiary/aromatic N) is 4. The molecule has 0 atom stereocenters. The van der Waals surface area contributed by atoms with Crippen molar-refractivity contribution in [1.29, 1.82) is 0 Å². The van der Waals surface area contributed by atoms with Crippen LogP contribution < -0.4 is 15.8 Å². The molecule has 0 unspecified atom stereocenters. The minimum Gasteiger partial charge on any atom is -0.366 e. The number of anilines is 3. The summed E-state index contributed by atoms with van der Waals surface area (Å²) in [6.45, 7) is 1.27. The number of halogens is 2. The molecule has 5 rings (SSSR count). The topological polar surface area (TPSA) is 87.5 Å². The van der Waals surface area contributed by atoms with Gasteiger partial charge in [0, 0.05) is 36.9 Å². The Labute approximate surface area is 224 Å². The molecule has 1 saturated heterocycles. The van der Waals surface area contributed by atoms with Gasteiger partial charge in [-0.05, 0) is 48.0 Å². The number of piperazine rings is 1. The second-order valence-electron chi connectivity index (χ2n) is 8.86. The van der Waals surface area contributed by atoms with E-state index in [1.807, 2.05) is 23.1 Å². The summed E-state index contributed by atoms with van der Waals surface area (Å²) in [5.74, 6) is -0.461. The first-order valence-electron chi connectivity index (χ1n) is 12.0. The molecule has 0 bridgehead atoms. The van der Waals surface area contributed by atoms with Crippen LogP contribution in [0.1, 0.15) is 5.56 Å². The SMILES string of the molecule is O=c1c(Nc2ccc(F)cc2)c(N2CCN(S(=O)(=O)Cc3ccccc3)CC2)cnn1-c1cccc(Cl)c1. The van der Waals surface area contributed by atoms with E-state index in [1.165, 1.54) is 33.3 Å². The predicted molar refractivity (Wildman–Crippen MR) is 147 cm³/mol. The van der Waals surface area contributed by atoms with E-state index in [4.69, 9.17) is 11.6 Å². The number of benzene rings is 3. The largest absolute Gasteiger partial charge is 0.366 e. The smallest absolute Gasteiger partial charge is 0.297 e. The monoisotopic (exact) mass is 553 g/mol. The Morgan fingerprint density at radius 3 is 2.32 bits per heavy atom. The highest BCUT2D eigenvalue weighted by atomic mass is 35.5. The van der Waals surface area contributed by atoms with E-state index >= 15 is 0 Å². The Bertz CT molecular complexity index is 1590. The third kappa shape index (κ3) is 5.72. The van der Waals surface area contributed by atoms with E-state index in [1.54, 1.807) is 42.6 Å². The van der Waals surface area contributed by atoms with Crippen LogP contribution in [-0.4, -0.2) is 48.7 Å². The fourth-order valence-electron chi connectivity index (χ4n) is 4.35. The lowest BCUT2D eigenvalue weighted by Gasteiger charge is -2.36. The maximum Gasteiger partial charge on any atom is 0.297 e. The summed E-state index contributed by atoms with van der Waals surface area (Å²) in [6, 6.07) is 21.5. The Kier molecular flexibility index (Phi) is 7.46. The van der Waals surface area contributed by atoms with Crippen molar-refractivity contribution in [1.82, 2.24) is 14.1 Å². The highest BCUT2D eigenvalue weighted by molar-refractivity contribution is 7.88. The third-order valence-corrected chi connectivity index (χ3v) is 8.37. The minimum absolute atomic E-state index is 0.0670. The van der Waals surface area contributed by atoms with Crippen LogP contribution in [0.2, 0.25) is 5.02 Å². The quantitative estimate of drug-likeness (QED) is 0.364. The molecule has 8 nitrogen and oxygen atoms in total. The molecule has 1 aliphatic heterocycles. The summed E-state index contributed by atoms with van der Waals surface area (Å²) in [5.41, 5.74) is 2.10. The zero-order chi connectivity index (χ0) is 26.7. The van der Waals surface area contributed by atoms with Crippen molar-refractivity contribution >= 4 is 38.7 Å². The highest BCUT2D eigenvalue weighted by Crippen LogP contribution is 2.27. The first-order valence-corrected chi connectivity index (χ1v) is 14.0. The lowest BCUT2D eigenvalue weighted by atomic mass is 10.2. The van der Waals surface area contributed by atoms with Crippen molar-refractivity contribution in [2.45, 2.75) is 5.75 Å². The van der Waals surface area contributed by atoms with E-state index < -0.39 is 21.4 Å². The van der Waals surface area contributed by atoms with Gasteiger partial charge in [0.15, 0.2) is 0 Å². The Morgan fingerprint density at radius 2 is 1.63 bits per heavy atom. The standard InChI is InChI=1S/C27H25ClFN5O3S/c28-21-7-4-8-24(17-21)34-27(35)26(31-23-11-9-22(29)10-12-23)25(18-30-34)32-13-15-33(16-14-32)38(36,37)19-20-5-2-1-3-6-20/h1-12,17-18,31H,13-16,19H2. The second-order valence-corrected chi connectivity index (χ2v) is 11.3. The number of rotatable bonds is 7. The zero-order valence-electron chi connectivity index (χ0n) is 20.3. The molecule has 2 heterocycles. The summed E-state index contributed by atoms with van der Waals surface area (Å²) >= 11 is 6.13. The normalized spacial score (nSPS) is 14.4. The van der Waals surface area contributed by atoms with Crippen LogP contribution in [0.5, 0.6) is 0 Å². The Morgan fingerprint density at radius 1 is 0.921 bits per heavy atom. The fraction of sp³-hybridized carbons (Fsp3) is 0.185. The molecule has 0 saturated carbocycles. The minimum atomic E-state index is -3.50.